The maximum absolute atomic E-state index is 5.91. The molecule has 2 aromatic rings. The number of ether oxygens (including phenoxy) is 1. The highest BCUT2D eigenvalue weighted by molar-refractivity contribution is 5.45. The topological polar surface area (TPSA) is 66.0 Å². The van der Waals surface area contributed by atoms with E-state index in [2.05, 4.69) is 23.2 Å². The lowest BCUT2D eigenvalue weighted by Crippen LogP contribution is -2.51. The average Bonchev–Trinajstić information content (AvgIpc) is 2.74. The first-order valence-electron chi connectivity index (χ1n) is 6.41. The van der Waals surface area contributed by atoms with Crippen LogP contribution in [0.5, 0.6) is 0 Å². The summed E-state index contributed by atoms with van der Waals surface area (Å²) in [7, 11) is 1.97. The summed E-state index contributed by atoms with van der Waals surface area (Å²) in [5.41, 5.74) is 7.87. The van der Waals surface area contributed by atoms with Crippen molar-refractivity contribution in [3.05, 3.63) is 42.0 Å². The van der Waals surface area contributed by atoms with Crippen molar-refractivity contribution in [2.24, 2.45) is 7.05 Å². The Labute approximate surface area is 112 Å². The van der Waals surface area contributed by atoms with Crippen molar-refractivity contribution >= 4 is 5.69 Å². The Hall–Kier alpha value is -1.88. The molecule has 2 heterocycles. The van der Waals surface area contributed by atoms with Crippen molar-refractivity contribution in [1.82, 2.24) is 14.8 Å². The van der Waals surface area contributed by atoms with Crippen LogP contribution in [0.4, 0.5) is 5.69 Å². The van der Waals surface area contributed by atoms with Crippen molar-refractivity contribution in [2.45, 2.75) is 18.3 Å². The van der Waals surface area contributed by atoms with Gasteiger partial charge in [-0.3, -0.25) is 0 Å². The largest absolute Gasteiger partial charge is 0.399 e. The van der Waals surface area contributed by atoms with Crippen LogP contribution in [-0.4, -0.2) is 28.0 Å². The number of nitrogens with zero attached hydrogens (tertiary/aromatic N) is 3. The van der Waals surface area contributed by atoms with Crippen LogP contribution in [0.15, 0.2) is 30.6 Å². The molecule has 2 N–H and O–H groups in total. The fourth-order valence-electron chi connectivity index (χ4n) is 2.77. The summed E-state index contributed by atoms with van der Waals surface area (Å²) in [6.07, 6.45) is 1.73. The number of anilines is 1. The Kier molecular flexibility index (Phi) is 2.78. The highest BCUT2D eigenvalue weighted by Gasteiger charge is 2.47. The second kappa shape index (κ2) is 4.35. The van der Waals surface area contributed by atoms with Gasteiger partial charge in [-0.15, -0.1) is 10.2 Å². The molecule has 19 heavy (non-hydrogen) atoms. The predicted molar refractivity (Wildman–Crippen MR) is 72.8 cm³/mol. The minimum atomic E-state index is -0.0455. The third kappa shape index (κ3) is 1.81. The van der Waals surface area contributed by atoms with Crippen LogP contribution < -0.4 is 5.73 Å². The van der Waals surface area contributed by atoms with Crippen LogP contribution in [0.2, 0.25) is 0 Å². The van der Waals surface area contributed by atoms with E-state index in [4.69, 9.17) is 10.5 Å². The first-order valence-corrected chi connectivity index (χ1v) is 6.41. The molecule has 0 bridgehead atoms. The summed E-state index contributed by atoms with van der Waals surface area (Å²) in [4.78, 5) is 0. The summed E-state index contributed by atoms with van der Waals surface area (Å²) in [6, 6.07) is 8.05. The summed E-state index contributed by atoms with van der Waals surface area (Å²) in [5, 5.41) is 8.21. The summed E-state index contributed by atoms with van der Waals surface area (Å²) in [6.45, 7) is 3.57. The maximum atomic E-state index is 5.91. The Morgan fingerprint density at radius 2 is 2.21 bits per heavy atom. The van der Waals surface area contributed by atoms with Gasteiger partial charge in [-0.25, -0.2) is 0 Å². The molecule has 1 saturated heterocycles. The monoisotopic (exact) mass is 258 g/mol. The molecule has 5 nitrogen and oxygen atoms in total. The molecule has 0 radical (unpaired) electrons. The third-order valence-corrected chi connectivity index (χ3v) is 4.14. The van der Waals surface area contributed by atoms with E-state index < -0.39 is 0 Å². The van der Waals surface area contributed by atoms with Crippen LogP contribution in [0, 0.1) is 0 Å². The quantitative estimate of drug-likeness (QED) is 0.847. The number of nitrogen functional groups attached to an aromatic ring is 1. The smallest absolute Gasteiger partial charge is 0.136 e. The Bertz CT molecular complexity index is 589. The number of hydrogen-bond donors (Lipinski definition) is 1. The van der Waals surface area contributed by atoms with Gasteiger partial charge >= 0.3 is 0 Å². The molecule has 0 amide bonds. The van der Waals surface area contributed by atoms with Crippen molar-refractivity contribution < 1.29 is 4.74 Å². The van der Waals surface area contributed by atoms with E-state index in [9.17, 15) is 0 Å². The molecule has 1 fully saturated rings. The fourth-order valence-corrected chi connectivity index (χ4v) is 2.77. The zero-order valence-electron chi connectivity index (χ0n) is 11.2. The SMILES string of the molecule is CC(c1nncn1C)C1(c2cccc(N)c2)COC1. The van der Waals surface area contributed by atoms with E-state index >= 15 is 0 Å². The Balaban J connectivity index is 2.02. The van der Waals surface area contributed by atoms with Crippen LogP contribution >= 0.6 is 0 Å². The number of rotatable bonds is 3. The molecule has 5 heteroatoms. The molecule has 0 saturated carbocycles. The zero-order valence-corrected chi connectivity index (χ0v) is 11.2. The van der Waals surface area contributed by atoms with Gasteiger partial charge < -0.3 is 15.0 Å². The Morgan fingerprint density at radius 3 is 2.74 bits per heavy atom. The van der Waals surface area contributed by atoms with Gasteiger partial charge in [-0.2, -0.15) is 0 Å². The number of nitrogens with two attached hydrogens (primary N) is 1. The lowest BCUT2D eigenvalue weighted by Gasteiger charge is -2.46. The molecule has 1 aromatic carbocycles. The second-order valence-electron chi connectivity index (χ2n) is 5.30. The van der Waals surface area contributed by atoms with Crippen LogP contribution in [0.1, 0.15) is 24.2 Å². The molecule has 1 aliphatic rings. The number of aryl methyl sites for hydroxylation is 1. The molecular formula is C14H18N4O. The van der Waals surface area contributed by atoms with Gasteiger partial charge in [-0.05, 0) is 17.7 Å². The maximum Gasteiger partial charge on any atom is 0.136 e. The van der Waals surface area contributed by atoms with Gasteiger partial charge in [0.1, 0.15) is 12.2 Å². The van der Waals surface area contributed by atoms with Gasteiger partial charge in [-0.1, -0.05) is 19.1 Å². The minimum Gasteiger partial charge on any atom is -0.399 e. The molecule has 0 aliphatic carbocycles. The Morgan fingerprint density at radius 1 is 1.42 bits per heavy atom. The molecule has 1 atom stereocenters. The van der Waals surface area contributed by atoms with Crippen LogP contribution in [0.3, 0.4) is 0 Å². The number of benzene rings is 1. The number of aromatic nitrogens is 3. The fraction of sp³-hybridized carbons (Fsp3) is 0.429. The van der Waals surface area contributed by atoms with E-state index in [0.717, 1.165) is 11.5 Å². The lowest BCUT2D eigenvalue weighted by molar-refractivity contribution is -0.0733. The standard InChI is InChI=1S/C14H18N4O/c1-10(13-17-16-9-18(13)2)14(7-19-8-14)11-4-3-5-12(15)6-11/h3-6,9-10H,7-8,15H2,1-2H3. The number of hydrogen-bond acceptors (Lipinski definition) is 4. The van der Waals surface area contributed by atoms with E-state index in [-0.39, 0.29) is 11.3 Å². The average molecular weight is 258 g/mol. The van der Waals surface area contributed by atoms with Crippen LogP contribution in [-0.2, 0) is 17.2 Å². The first kappa shape index (κ1) is 12.2. The third-order valence-electron chi connectivity index (χ3n) is 4.14. The summed E-state index contributed by atoms with van der Waals surface area (Å²) < 4.78 is 7.46. The molecule has 1 unspecified atom stereocenters. The van der Waals surface area contributed by atoms with Crippen molar-refractivity contribution in [3.63, 3.8) is 0 Å². The van der Waals surface area contributed by atoms with E-state index in [0.29, 0.717) is 13.2 Å². The highest BCUT2D eigenvalue weighted by atomic mass is 16.5. The zero-order chi connectivity index (χ0) is 13.5. The summed E-state index contributed by atoms with van der Waals surface area (Å²) >= 11 is 0. The second-order valence-corrected chi connectivity index (χ2v) is 5.30. The normalized spacial score (nSPS) is 18.8. The highest BCUT2D eigenvalue weighted by Crippen LogP contribution is 2.44. The van der Waals surface area contributed by atoms with Crippen LogP contribution in [0.25, 0.3) is 0 Å². The molecular weight excluding hydrogens is 240 g/mol. The first-order chi connectivity index (χ1) is 9.13. The van der Waals surface area contributed by atoms with Crippen molar-refractivity contribution in [3.8, 4) is 0 Å². The van der Waals surface area contributed by atoms with Gasteiger partial charge in [0.25, 0.3) is 0 Å². The summed E-state index contributed by atoms with van der Waals surface area (Å²) in [5.74, 6) is 1.21. The van der Waals surface area contributed by atoms with Crippen molar-refractivity contribution in [2.75, 3.05) is 18.9 Å². The lowest BCUT2D eigenvalue weighted by atomic mass is 9.69. The molecule has 1 aliphatic heterocycles. The van der Waals surface area contributed by atoms with Gasteiger partial charge in [0.2, 0.25) is 0 Å². The van der Waals surface area contributed by atoms with Gasteiger partial charge in [0, 0.05) is 18.7 Å². The molecule has 0 spiro atoms. The minimum absolute atomic E-state index is 0.0455. The van der Waals surface area contributed by atoms with E-state index in [1.165, 1.54) is 5.56 Å². The molecule has 100 valence electrons. The molecule has 3 rings (SSSR count). The van der Waals surface area contributed by atoms with E-state index in [1.54, 1.807) is 6.33 Å². The predicted octanol–water partition coefficient (Wildman–Crippen LogP) is 1.47. The van der Waals surface area contributed by atoms with Crippen molar-refractivity contribution in [1.29, 1.82) is 0 Å². The van der Waals surface area contributed by atoms with Gasteiger partial charge in [0.15, 0.2) is 0 Å². The molecule has 1 aromatic heterocycles. The van der Waals surface area contributed by atoms with Gasteiger partial charge in [0.05, 0.1) is 18.6 Å². The van der Waals surface area contributed by atoms with E-state index in [1.807, 2.05) is 29.8 Å².